The van der Waals surface area contributed by atoms with E-state index < -0.39 is 9.05 Å². The second kappa shape index (κ2) is 4.49. The maximum Gasteiger partial charge on any atom is 0.270 e. The van der Waals surface area contributed by atoms with Crippen molar-refractivity contribution in [1.82, 2.24) is 9.47 Å². The Morgan fingerprint density at radius 2 is 1.90 bits per heavy atom. The van der Waals surface area contributed by atoms with Gasteiger partial charge in [0.05, 0.1) is 0 Å². The molecule has 7 heteroatoms. The Morgan fingerprint density at radius 1 is 1.19 bits per heavy atom. The normalized spacial score (nSPS) is 28.3. The van der Waals surface area contributed by atoms with E-state index in [0.29, 0.717) is 17.7 Å². The molecule has 4 rings (SSSR count). The van der Waals surface area contributed by atoms with Gasteiger partial charge >= 0.3 is 0 Å². The largest absolute Gasteiger partial charge is 0.339 e. The smallest absolute Gasteiger partial charge is 0.270 e. The zero-order valence-electron chi connectivity index (χ0n) is 11.5. The van der Waals surface area contributed by atoms with Crippen LogP contribution >= 0.6 is 10.7 Å². The van der Waals surface area contributed by atoms with Gasteiger partial charge in [0.1, 0.15) is 10.6 Å². The average molecular weight is 329 g/mol. The van der Waals surface area contributed by atoms with Gasteiger partial charge in [0.15, 0.2) is 0 Å². The minimum absolute atomic E-state index is 0.0313. The van der Waals surface area contributed by atoms with Crippen molar-refractivity contribution in [3.05, 3.63) is 18.0 Å². The van der Waals surface area contributed by atoms with Crippen molar-refractivity contribution >= 4 is 25.6 Å². The van der Waals surface area contributed by atoms with Gasteiger partial charge in [-0.05, 0) is 44.1 Å². The molecule has 1 aromatic rings. The van der Waals surface area contributed by atoms with Gasteiger partial charge in [0, 0.05) is 35.5 Å². The van der Waals surface area contributed by atoms with E-state index in [0.717, 1.165) is 32.2 Å². The lowest BCUT2D eigenvalue weighted by Gasteiger charge is -2.27. The fourth-order valence-corrected chi connectivity index (χ4v) is 4.48. The van der Waals surface area contributed by atoms with Crippen LogP contribution in [0.25, 0.3) is 0 Å². The van der Waals surface area contributed by atoms with E-state index in [1.807, 2.05) is 9.47 Å². The van der Waals surface area contributed by atoms with Crippen LogP contribution in [0.3, 0.4) is 0 Å². The van der Waals surface area contributed by atoms with Crippen LogP contribution < -0.4 is 0 Å². The molecular formula is C14H17ClN2O3S. The molecule has 2 saturated carbocycles. The maximum atomic E-state index is 12.8. The molecule has 0 N–H and O–H groups in total. The van der Waals surface area contributed by atoms with Gasteiger partial charge in [-0.15, -0.1) is 0 Å². The number of piperidine rings is 1. The van der Waals surface area contributed by atoms with Crippen LogP contribution in [0.1, 0.15) is 48.6 Å². The summed E-state index contributed by atoms with van der Waals surface area (Å²) in [5, 5.41) is 0. The Bertz CT molecular complexity index is 708. The Hall–Kier alpha value is -1.01. The lowest BCUT2D eigenvalue weighted by atomic mass is 10.1. The number of fused-ring (bicyclic) bond motifs is 2. The molecule has 2 atom stereocenters. The molecular weight excluding hydrogens is 312 g/mol. The van der Waals surface area contributed by atoms with Gasteiger partial charge in [-0.1, -0.05) is 0 Å². The van der Waals surface area contributed by atoms with E-state index in [1.165, 1.54) is 18.7 Å². The van der Waals surface area contributed by atoms with E-state index in [1.54, 1.807) is 0 Å². The molecule has 0 radical (unpaired) electrons. The molecule has 1 aromatic heterocycles. The summed E-state index contributed by atoms with van der Waals surface area (Å²) < 4.78 is 24.9. The third kappa shape index (κ3) is 2.28. The van der Waals surface area contributed by atoms with Gasteiger partial charge < -0.3 is 9.47 Å². The summed E-state index contributed by atoms with van der Waals surface area (Å²) in [5.41, 5.74) is 0.476. The summed E-state index contributed by atoms with van der Waals surface area (Å²) in [6.45, 7) is 0.808. The van der Waals surface area contributed by atoms with Crippen LogP contribution in [0.4, 0.5) is 0 Å². The molecule has 2 aliphatic carbocycles. The fourth-order valence-electron chi connectivity index (χ4n) is 3.73. The number of aromatic nitrogens is 1. The predicted octanol–water partition coefficient (Wildman–Crippen LogP) is 2.38. The minimum Gasteiger partial charge on any atom is -0.339 e. The molecule has 2 unspecified atom stereocenters. The van der Waals surface area contributed by atoms with Crippen LogP contribution in [0.15, 0.2) is 17.2 Å². The standard InChI is InChI=1S/C14H17ClN2O3S/c15-21(19,20)12-6-13(16(8-12)10-3-4-10)14(18)17-7-9-1-2-11(17)5-9/h6,8-11H,1-5,7H2. The number of hydrogen-bond acceptors (Lipinski definition) is 3. The highest BCUT2D eigenvalue weighted by molar-refractivity contribution is 8.13. The van der Waals surface area contributed by atoms with Crippen LogP contribution in [0, 0.1) is 5.92 Å². The quantitative estimate of drug-likeness (QED) is 0.800. The number of amides is 1. The highest BCUT2D eigenvalue weighted by atomic mass is 35.7. The fraction of sp³-hybridized carbons (Fsp3) is 0.643. The van der Waals surface area contributed by atoms with Crippen LogP contribution in [0.5, 0.6) is 0 Å². The van der Waals surface area contributed by atoms with Crippen molar-refractivity contribution in [3.8, 4) is 0 Å². The molecule has 5 nitrogen and oxygen atoms in total. The van der Waals surface area contributed by atoms with Crippen molar-refractivity contribution in [2.45, 2.75) is 49.1 Å². The Balaban J connectivity index is 1.70. The Kier molecular flexibility index (Phi) is 2.92. The van der Waals surface area contributed by atoms with E-state index in [4.69, 9.17) is 10.7 Å². The zero-order chi connectivity index (χ0) is 14.8. The van der Waals surface area contributed by atoms with Gasteiger partial charge in [-0.3, -0.25) is 4.79 Å². The second-order valence-electron chi connectivity index (χ2n) is 6.43. The van der Waals surface area contributed by atoms with Crippen molar-refractivity contribution < 1.29 is 13.2 Å². The summed E-state index contributed by atoms with van der Waals surface area (Å²) in [4.78, 5) is 14.8. The van der Waals surface area contributed by atoms with Crippen molar-refractivity contribution in [2.24, 2.45) is 5.92 Å². The first-order chi connectivity index (χ1) is 9.93. The summed E-state index contributed by atoms with van der Waals surface area (Å²) in [7, 11) is 1.63. The summed E-state index contributed by atoms with van der Waals surface area (Å²) in [6, 6.07) is 2.02. The number of nitrogens with zero attached hydrogens (tertiary/aromatic N) is 2. The topological polar surface area (TPSA) is 59.4 Å². The van der Waals surface area contributed by atoms with E-state index in [9.17, 15) is 13.2 Å². The van der Waals surface area contributed by atoms with Gasteiger partial charge in [-0.25, -0.2) is 8.42 Å². The molecule has 0 aromatic carbocycles. The summed E-state index contributed by atoms with van der Waals surface area (Å²) in [5.74, 6) is 0.584. The van der Waals surface area contributed by atoms with Crippen LogP contribution in [-0.2, 0) is 9.05 Å². The van der Waals surface area contributed by atoms with Gasteiger partial charge in [-0.2, -0.15) is 0 Å². The first-order valence-electron chi connectivity index (χ1n) is 7.41. The molecule has 3 fully saturated rings. The first kappa shape index (κ1) is 13.6. The molecule has 1 amide bonds. The molecule has 2 bridgehead atoms. The van der Waals surface area contributed by atoms with E-state index >= 15 is 0 Å². The molecule has 21 heavy (non-hydrogen) atoms. The number of hydrogen-bond donors (Lipinski definition) is 0. The van der Waals surface area contributed by atoms with Crippen molar-refractivity contribution in [2.75, 3.05) is 6.54 Å². The van der Waals surface area contributed by atoms with Crippen molar-refractivity contribution in [3.63, 3.8) is 0 Å². The Morgan fingerprint density at radius 3 is 2.43 bits per heavy atom. The SMILES string of the molecule is O=C(c1cc(S(=O)(=O)Cl)cn1C1CC1)N1CC2CCC1C2. The third-order valence-corrected chi connectivity index (χ3v) is 6.26. The first-order valence-corrected chi connectivity index (χ1v) is 9.72. The van der Waals surface area contributed by atoms with Gasteiger partial charge in [0.25, 0.3) is 15.0 Å². The van der Waals surface area contributed by atoms with E-state index in [-0.39, 0.29) is 16.8 Å². The molecule has 2 heterocycles. The van der Waals surface area contributed by atoms with Gasteiger partial charge in [0.2, 0.25) is 0 Å². The molecule has 1 aliphatic heterocycles. The number of rotatable bonds is 3. The van der Waals surface area contributed by atoms with Crippen LogP contribution in [-0.4, -0.2) is 36.4 Å². The minimum atomic E-state index is -3.80. The monoisotopic (exact) mass is 328 g/mol. The van der Waals surface area contributed by atoms with Crippen LogP contribution in [0.2, 0.25) is 0 Å². The van der Waals surface area contributed by atoms with E-state index in [2.05, 4.69) is 0 Å². The highest BCUT2D eigenvalue weighted by Gasteiger charge is 2.42. The summed E-state index contributed by atoms with van der Waals surface area (Å²) >= 11 is 0. The number of likely N-dealkylation sites (tertiary alicyclic amines) is 1. The number of carbonyl (C=O) groups is 1. The molecule has 0 spiro atoms. The predicted molar refractivity (Wildman–Crippen MR) is 77.9 cm³/mol. The molecule has 3 aliphatic rings. The summed E-state index contributed by atoms with van der Waals surface area (Å²) in [6.07, 6.45) is 6.87. The lowest BCUT2D eigenvalue weighted by molar-refractivity contribution is 0.0692. The number of carbonyl (C=O) groups excluding carboxylic acids is 1. The molecule has 114 valence electrons. The second-order valence-corrected chi connectivity index (χ2v) is 8.99. The maximum absolute atomic E-state index is 12.8. The van der Waals surface area contributed by atoms with Crippen molar-refractivity contribution in [1.29, 1.82) is 0 Å². The lowest BCUT2D eigenvalue weighted by Crippen LogP contribution is -2.38. The zero-order valence-corrected chi connectivity index (χ0v) is 13.1. The highest BCUT2D eigenvalue weighted by Crippen LogP contribution is 2.41. The third-order valence-electron chi connectivity index (χ3n) is 4.93. The molecule has 1 saturated heterocycles. The Labute approximate surface area is 128 Å². The average Bonchev–Trinajstić information content (AvgIpc) is 2.90. The number of halogens is 1.